The van der Waals surface area contributed by atoms with Crippen LogP contribution in [-0.4, -0.2) is 34.9 Å². The minimum absolute atomic E-state index is 0. The van der Waals surface area contributed by atoms with Crippen LogP contribution in [0.5, 0.6) is 5.75 Å². The van der Waals surface area contributed by atoms with E-state index in [1.165, 1.54) is 17.7 Å². The van der Waals surface area contributed by atoms with Crippen LogP contribution in [0.3, 0.4) is 0 Å². The smallest absolute Gasteiger partial charge is 0.387 e. The Morgan fingerprint density at radius 1 is 1.33 bits per heavy atom. The van der Waals surface area contributed by atoms with Crippen LogP contribution in [0.15, 0.2) is 23.2 Å². The van der Waals surface area contributed by atoms with Gasteiger partial charge in [-0.2, -0.15) is 13.9 Å². The van der Waals surface area contributed by atoms with Gasteiger partial charge in [0.15, 0.2) is 5.96 Å². The third kappa shape index (κ3) is 7.57. The fourth-order valence-corrected chi connectivity index (χ4v) is 3.26. The van der Waals surface area contributed by atoms with Gasteiger partial charge in [-0.3, -0.25) is 4.68 Å². The maximum absolute atomic E-state index is 12.6. The molecule has 1 heterocycles. The Kier molecular flexibility index (Phi) is 10.8. The first-order valence-corrected chi connectivity index (χ1v) is 9.86. The molecule has 2 aromatic rings. The van der Waals surface area contributed by atoms with E-state index in [2.05, 4.69) is 32.4 Å². The summed E-state index contributed by atoms with van der Waals surface area (Å²) < 4.78 is 31.7. The van der Waals surface area contributed by atoms with Crippen molar-refractivity contribution < 1.29 is 13.5 Å². The van der Waals surface area contributed by atoms with E-state index in [1.54, 1.807) is 6.07 Å². The molecule has 0 aliphatic carbocycles. The van der Waals surface area contributed by atoms with Gasteiger partial charge >= 0.3 is 6.61 Å². The Morgan fingerprint density at radius 3 is 2.60 bits per heavy atom. The fraction of sp³-hybridized carbons (Fsp3) is 0.500. The molecule has 1 aromatic heterocycles. The normalized spacial score (nSPS) is 12.5. The van der Waals surface area contributed by atoms with Gasteiger partial charge in [0.2, 0.25) is 0 Å². The first-order chi connectivity index (χ1) is 13.7. The number of hydrogen-bond donors (Lipinski definition) is 2. The van der Waals surface area contributed by atoms with Crippen LogP contribution in [0, 0.1) is 13.8 Å². The van der Waals surface area contributed by atoms with Crippen molar-refractivity contribution in [2.75, 3.05) is 6.54 Å². The summed E-state index contributed by atoms with van der Waals surface area (Å²) in [5.74, 6) is 0.654. The second-order valence-electron chi connectivity index (χ2n) is 6.85. The van der Waals surface area contributed by atoms with Crippen molar-refractivity contribution in [3.8, 4) is 5.75 Å². The number of halogens is 4. The molecule has 2 N–H and O–H groups in total. The van der Waals surface area contributed by atoms with Crippen molar-refractivity contribution in [2.45, 2.75) is 53.3 Å². The molecule has 1 atom stereocenters. The summed E-state index contributed by atoms with van der Waals surface area (Å²) in [5, 5.41) is 11.4. The van der Waals surface area contributed by atoms with Crippen molar-refractivity contribution in [3.05, 3.63) is 45.7 Å². The summed E-state index contributed by atoms with van der Waals surface area (Å²) in [6.45, 7) is 5.97. The van der Waals surface area contributed by atoms with Crippen molar-refractivity contribution >= 4 is 41.5 Å². The van der Waals surface area contributed by atoms with Crippen LogP contribution in [0.25, 0.3) is 0 Å². The third-order valence-electron chi connectivity index (χ3n) is 4.54. The molecule has 1 aromatic carbocycles. The molecule has 10 heteroatoms. The van der Waals surface area contributed by atoms with Gasteiger partial charge in [-0.1, -0.05) is 11.6 Å². The van der Waals surface area contributed by atoms with Gasteiger partial charge in [-0.25, -0.2) is 4.99 Å². The average molecular weight is 556 g/mol. The lowest BCUT2D eigenvalue weighted by molar-refractivity contribution is -0.0504. The first-order valence-electron chi connectivity index (χ1n) is 9.48. The van der Waals surface area contributed by atoms with Gasteiger partial charge in [-0.15, -0.1) is 24.0 Å². The second-order valence-corrected chi connectivity index (χ2v) is 7.28. The molecule has 0 saturated carbocycles. The minimum atomic E-state index is -2.91. The van der Waals surface area contributed by atoms with Gasteiger partial charge < -0.3 is 15.4 Å². The number of hydrogen-bond acceptors (Lipinski definition) is 3. The molecule has 0 bridgehead atoms. The number of aromatic nitrogens is 2. The molecule has 0 aliphatic heterocycles. The Labute approximate surface area is 198 Å². The number of ether oxygens (including phenoxy) is 1. The minimum Gasteiger partial charge on any atom is -0.434 e. The topological polar surface area (TPSA) is 63.5 Å². The Bertz CT molecular complexity index is 860. The van der Waals surface area contributed by atoms with Crippen molar-refractivity contribution in [1.29, 1.82) is 0 Å². The highest BCUT2D eigenvalue weighted by molar-refractivity contribution is 14.0. The van der Waals surface area contributed by atoms with Crippen LogP contribution >= 0.6 is 35.6 Å². The molecular formula is C20H29ClF2IN5O. The van der Waals surface area contributed by atoms with E-state index in [9.17, 15) is 8.78 Å². The van der Waals surface area contributed by atoms with Crippen molar-refractivity contribution in [3.63, 3.8) is 0 Å². The standard InChI is InChI=1S/C20H28ClF2N5O.HI/c1-6-24-20(26-12(2)9-17-13(3)27-28(5)14(17)4)25-11-15-10-16(21)7-8-18(15)29-19(22)23;/h7-8,10,12,19H,6,9,11H2,1-5H3,(H2,24,25,26);1H. The summed E-state index contributed by atoms with van der Waals surface area (Å²) >= 11 is 6.01. The molecule has 0 radical (unpaired) electrons. The largest absolute Gasteiger partial charge is 0.434 e. The van der Waals surface area contributed by atoms with Crippen molar-refractivity contribution in [1.82, 2.24) is 20.4 Å². The van der Waals surface area contributed by atoms with Gasteiger partial charge in [0.1, 0.15) is 5.75 Å². The highest BCUT2D eigenvalue weighted by Crippen LogP contribution is 2.25. The van der Waals surface area contributed by atoms with E-state index in [0.717, 1.165) is 17.8 Å². The monoisotopic (exact) mass is 555 g/mol. The Morgan fingerprint density at radius 2 is 2.03 bits per heavy atom. The second kappa shape index (κ2) is 12.3. The van der Waals surface area contributed by atoms with Gasteiger partial charge in [0, 0.05) is 35.9 Å². The maximum Gasteiger partial charge on any atom is 0.387 e. The van der Waals surface area contributed by atoms with Crippen molar-refractivity contribution in [2.24, 2.45) is 12.0 Å². The van der Waals surface area contributed by atoms with E-state index in [1.807, 2.05) is 32.5 Å². The Balaban J connectivity index is 0.00000450. The van der Waals surface area contributed by atoms with E-state index in [-0.39, 0.29) is 42.3 Å². The molecule has 6 nitrogen and oxygen atoms in total. The molecular weight excluding hydrogens is 527 g/mol. The fourth-order valence-electron chi connectivity index (χ4n) is 3.07. The van der Waals surface area contributed by atoms with Gasteiger partial charge in [0.05, 0.1) is 12.2 Å². The molecule has 0 fully saturated rings. The predicted molar refractivity (Wildman–Crippen MR) is 127 cm³/mol. The number of benzene rings is 1. The number of aryl methyl sites for hydroxylation is 2. The summed E-state index contributed by atoms with van der Waals surface area (Å²) in [4.78, 5) is 4.51. The lowest BCUT2D eigenvalue weighted by Crippen LogP contribution is -2.43. The Hall–Kier alpha value is -1.62. The van der Waals surface area contributed by atoms with Crippen LogP contribution in [-0.2, 0) is 20.0 Å². The summed E-state index contributed by atoms with van der Waals surface area (Å²) in [7, 11) is 1.93. The third-order valence-corrected chi connectivity index (χ3v) is 4.78. The summed E-state index contributed by atoms with van der Waals surface area (Å²) in [6.07, 6.45) is 0.785. The lowest BCUT2D eigenvalue weighted by Gasteiger charge is -2.18. The summed E-state index contributed by atoms with van der Waals surface area (Å²) in [5.41, 5.74) is 3.83. The van der Waals surface area contributed by atoms with Crippen LogP contribution < -0.4 is 15.4 Å². The molecule has 0 spiro atoms. The highest BCUT2D eigenvalue weighted by Gasteiger charge is 2.15. The maximum atomic E-state index is 12.6. The molecule has 1 unspecified atom stereocenters. The summed E-state index contributed by atoms with van der Waals surface area (Å²) in [6, 6.07) is 4.61. The number of alkyl halides is 2. The highest BCUT2D eigenvalue weighted by atomic mass is 127. The molecule has 0 aliphatic rings. The lowest BCUT2D eigenvalue weighted by atomic mass is 10.1. The SMILES string of the molecule is CCNC(=NCc1cc(Cl)ccc1OC(F)F)NC(C)Cc1c(C)nn(C)c1C.I. The zero-order chi connectivity index (χ0) is 21.6. The van der Waals surface area contributed by atoms with E-state index in [0.29, 0.717) is 23.1 Å². The zero-order valence-electron chi connectivity index (χ0n) is 17.8. The average Bonchev–Trinajstić information content (AvgIpc) is 2.87. The quantitative estimate of drug-likeness (QED) is 0.284. The van der Waals surface area contributed by atoms with Gasteiger partial charge in [-0.05, 0) is 57.9 Å². The first kappa shape index (κ1) is 26.4. The molecule has 30 heavy (non-hydrogen) atoms. The van der Waals surface area contributed by atoms with E-state index < -0.39 is 6.61 Å². The zero-order valence-corrected chi connectivity index (χ0v) is 20.9. The molecule has 168 valence electrons. The predicted octanol–water partition coefficient (Wildman–Crippen LogP) is 4.60. The van der Waals surface area contributed by atoms with Crippen LogP contribution in [0.2, 0.25) is 5.02 Å². The number of nitrogens with zero attached hydrogens (tertiary/aromatic N) is 3. The number of aliphatic imine (C=N–C) groups is 1. The van der Waals surface area contributed by atoms with Crippen LogP contribution in [0.4, 0.5) is 8.78 Å². The molecule has 0 saturated heterocycles. The number of rotatable bonds is 8. The van der Waals surface area contributed by atoms with E-state index >= 15 is 0 Å². The molecule has 2 rings (SSSR count). The number of nitrogens with one attached hydrogen (secondary N) is 2. The van der Waals surface area contributed by atoms with Gasteiger partial charge in [0.25, 0.3) is 0 Å². The number of guanidine groups is 1. The van der Waals surface area contributed by atoms with E-state index in [4.69, 9.17) is 11.6 Å². The molecule has 0 amide bonds. The van der Waals surface area contributed by atoms with Crippen LogP contribution in [0.1, 0.15) is 36.4 Å².